The number of hydrogen-bond acceptors (Lipinski definition) is 4. The standard InChI is InChI=1S/C16H22N4/c1-19-10-7-12(8-11-19)20(2)15-6-5-14(17)13-4-3-9-18-16(13)15/h3-6,9,12H,7-8,10-11,17H2,1-2H3. The molecule has 1 aliphatic heterocycles. The van der Waals surface area contributed by atoms with Gasteiger partial charge in [0.1, 0.15) is 0 Å². The molecular weight excluding hydrogens is 248 g/mol. The Morgan fingerprint density at radius 1 is 1.25 bits per heavy atom. The Morgan fingerprint density at radius 3 is 2.75 bits per heavy atom. The van der Waals surface area contributed by atoms with Gasteiger partial charge >= 0.3 is 0 Å². The van der Waals surface area contributed by atoms with Crippen LogP contribution in [0.4, 0.5) is 11.4 Å². The molecule has 2 N–H and O–H groups in total. The molecule has 0 unspecified atom stereocenters. The van der Waals surface area contributed by atoms with E-state index in [1.165, 1.54) is 18.5 Å². The Balaban J connectivity index is 1.95. The number of nitrogens with two attached hydrogens (primary N) is 1. The topological polar surface area (TPSA) is 45.4 Å². The van der Waals surface area contributed by atoms with Crippen molar-refractivity contribution in [2.75, 3.05) is 37.8 Å². The predicted octanol–water partition coefficient (Wildman–Crippen LogP) is 2.35. The van der Waals surface area contributed by atoms with Crippen molar-refractivity contribution in [1.82, 2.24) is 9.88 Å². The first-order chi connectivity index (χ1) is 9.66. The summed E-state index contributed by atoms with van der Waals surface area (Å²) in [6, 6.07) is 8.66. The molecule has 1 fully saturated rings. The van der Waals surface area contributed by atoms with Crippen molar-refractivity contribution < 1.29 is 0 Å². The van der Waals surface area contributed by atoms with Crippen LogP contribution in [0.5, 0.6) is 0 Å². The van der Waals surface area contributed by atoms with E-state index in [2.05, 4.69) is 34.9 Å². The Labute approximate surface area is 120 Å². The van der Waals surface area contributed by atoms with E-state index in [0.29, 0.717) is 6.04 Å². The summed E-state index contributed by atoms with van der Waals surface area (Å²) in [4.78, 5) is 9.31. The number of rotatable bonds is 2. The summed E-state index contributed by atoms with van der Waals surface area (Å²) in [5.74, 6) is 0. The van der Waals surface area contributed by atoms with E-state index in [-0.39, 0.29) is 0 Å². The van der Waals surface area contributed by atoms with E-state index >= 15 is 0 Å². The molecule has 0 atom stereocenters. The van der Waals surface area contributed by atoms with E-state index < -0.39 is 0 Å². The molecule has 3 rings (SSSR count). The van der Waals surface area contributed by atoms with Crippen LogP contribution in [0.1, 0.15) is 12.8 Å². The quantitative estimate of drug-likeness (QED) is 0.851. The van der Waals surface area contributed by atoms with E-state index in [0.717, 1.165) is 29.7 Å². The second kappa shape index (κ2) is 5.29. The minimum atomic E-state index is 0.583. The fourth-order valence-electron chi connectivity index (χ4n) is 3.04. The number of likely N-dealkylation sites (tertiary alicyclic amines) is 1. The average molecular weight is 270 g/mol. The van der Waals surface area contributed by atoms with Crippen LogP contribution in [-0.4, -0.2) is 43.1 Å². The summed E-state index contributed by atoms with van der Waals surface area (Å²) >= 11 is 0. The maximum atomic E-state index is 6.06. The zero-order valence-electron chi connectivity index (χ0n) is 12.2. The van der Waals surface area contributed by atoms with Gasteiger partial charge in [0, 0.05) is 30.4 Å². The summed E-state index contributed by atoms with van der Waals surface area (Å²) in [6.45, 7) is 2.32. The lowest BCUT2D eigenvalue weighted by Gasteiger charge is -2.36. The van der Waals surface area contributed by atoms with Gasteiger partial charge in [-0.2, -0.15) is 0 Å². The molecule has 0 radical (unpaired) electrons. The van der Waals surface area contributed by atoms with Crippen molar-refractivity contribution in [3.63, 3.8) is 0 Å². The van der Waals surface area contributed by atoms with Gasteiger partial charge in [-0.25, -0.2) is 0 Å². The molecule has 1 aromatic heterocycles. The highest BCUT2D eigenvalue weighted by atomic mass is 15.2. The number of hydrogen-bond donors (Lipinski definition) is 1. The Morgan fingerprint density at radius 2 is 2.00 bits per heavy atom. The first-order valence-corrected chi connectivity index (χ1v) is 7.21. The maximum Gasteiger partial charge on any atom is 0.0955 e. The molecule has 0 spiro atoms. The van der Waals surface area contributed by atoms with Crippen LogP contribution < -0.4 is 10.6 Å². The van der Waals surface area contributed by atoms with Crippen LogP contribution in [0.15, 0.2) is 30.5 Å². The molecule has 1 aromatic carbocycles. The van der Waals surface area contributed by atoms with Gasteiger partial charge in [0.05, 0.1) is 11.2 Å². The highest BCUT2D eigenvalue weighted by molar-refractivity contribution is 5.98. The molecule has 1 saturated heterocycles. The molecule has 0 aliphatic carbocycles. The van der Waals surface area contributed by atoms with E-state index in [9.17, 15) is 0 Å². The number of aromatic nitrogens is 1. The summed E-state index contributed by atoms with van der Waals surface area (Å²) < 4.78 is 0. The third-order valence-corrected chi connectivity index (χ3v) is 4.40. The lowest BCUT2D eigenvalue weighted by Crippen LogP contribution is -2.42. The number of nitrogens with zero attached hydrogens (tertiary/aromatic N) is 3. The Hall–Kier alpha value is -1.81. The Bertz CT molecular complexity index is 602. The van der Waals surface area contributed by atoms with Crippen molar-refractivity contribution in [2.45, 2.75) is 18.9 Å². The Kier molecular flexibility index (Phi) is 3.49. The minimum Gasteiger partial charge on any atom is -0.398 e. The molecule has 0 amide bonds. The van der Waals surface area contributed by atoms with Gasteiger partial charge < -0.3 is 15.5 Å². The van der Waals surface area contributed by atoms with E-state index in [4.69, 9.17) is 5.73 Å². The van der Waals surface area contributed by atoms with Gasteiger partial charge in [-0.05, 0) is 57.2 Å². The van der Waals surface area contributed by atoms with Gasteiger partial charge in [0.15, 0.2) is 0 Å². The van der Waals surface area contributed by atoms with Crippen LogP contribution >= 0.6 is 0 Å². The van der Waals surface area contributed by atoms with Crippen LogP contribution in [0, 0.1) is 0 Å². The summed E-state index contributed by atoms with van der Waals surface area (Å²) in [7, 11) is 4.37. The van der Waals surface area contributed by atoms with Crippen LogP contribution in [0.2, 0.25) is 0 Å². The minimum absolute atomic E-state index is 0.583. The van der Waals surface area contributed by atoms with Gasteiger partial charge in [-0.3, -0.25) is 4.98 Å². The summed E-state index contributed by atoms with van der Waals surface area (Å²) in [5.41, 5.74) is 9.05. The fourth-order valence-corrected chi connectivity index (χ4v) is 3.04. The molecule has 0 bridgehead atoms. The average Bonchev–Trinajstić information content (AvgIpc) is 2.48. The molecule has 0 saturated carbocycles. The second-order valence-electron chi connectivity index (χ2n) is 5.72. The number of benzene rings is 1. The van der Waals surface area contributed by atoms with Crippen molar-refractivity contribution >= 4 is 22.3 Å². The van der Waals surface area contributed by atoms with E-state index in [1.807, 2.05) is 24.4 Å². The molecular formula is C16H22N4. The largest absolute Gasteiger partial charge is 0.398 e. The van der Waals surface area contributed by atoms with Gasteiger partial charge in [-0.1, -0.05) is 0 Å². The van der Waals surface area contributed by atoms with Gasteiger partial charge in [0.2, 0.25) is 0 Å². The first-order valence-electron chi connectivity index (χ1n) is 7.21. The number of pyridine rings is 1. The molecule has 20 heavy (non-hydrogen) atoms. The third-order valence-electron chi connectivity index (χ3n) is 4.40. The van der Waals surface area contributed by atoms with Crippen molar-refractivity contribution in [1.29, 1.82) is 0 Å². The number of piperidine rings is 1. The third kappa shape index (κ3) is 2.31. The normalized spacial score (nSPS) is 17.5. The highest BCUT2D eigenvalue weighted by Gasteiger charge is 2.22. The van der Waals surface area contributed by atoms with Crippen molar-refractivity contribution in [3.05, 3.63) is 30.5 Å². The van der Waals surface area contributed by atoms with E-state index in [1.54, 1.807) is 0 Å². The molecule has 4 nitrogen and oxygen atoms in total. The first kappa shape index (κ1) is 13.2. The van der Waals surface area contributed by atoms with Crippen LogP contribution in [-0.2, 0) is 0 Å². The molecule has 4 heteroatoms. The molecule has 1 aliphatic rings. The SMILES string of the molecule is CN1CCC(N(C)c2ccc(N)c3cccnc23)CC1. The monoisotopic (exact) mass is 270 g/mol. The zero-order valence-corrected chi connectivity index (χ0v) is 12.2. The smallest absolute Gasteiger partial charge is 0.0955 e. The fraction of sp³-hybridized carbons (Fsp3) is 0.438. The van der Waals surface area contributed by atoms with Gasteiger partial charge in [-0.15, -0.1) is 0 Å². The zero-order chi connectivity index (χ0) is 14.1. The molecule has 2 heterocycles. The summed E-state index contributed by atoms with van der Waals surface area (Å²) in [5, 5.41) is 1.05. The lowest BCUT2D eigenvalue weighted by atomic mass is 10.0. The summed E-state index contributed by atoms with van der Waals surface area (Å²) in [6.07, 6.45) is 4.24. The highest BCUT2D eigenvalue weighted by Crippen LogP contribution is 2.31. The number of nitrogen functional groups attached to an aromatic ring is 1. The van der Waals surface area contributed by atoms with Crippen molar-refractivity contribution in [2.24, 2.45) is 0 Å². The number of anilines is 2. The lowest BCUT2D eigenvalue weighted by molar-refractivity contribution is 0.253. The second-order valence-corrected chi connectivity index (χ2v) is 5.72. The van der Waals surface area contributed by atoms with Crippen LogP contribution in [0.25, 0.3) is 10.9 Å². The number of fused-ring (bicyclic) bond motifs is 1. The predicted molar refractivity (Wildman–Crippen MR) is 85.1 cm³/mol. The van der Waals surface area contributed by atoms with Gasteiger partial charge in [0.25, 0.3) is 0 Å². The molecule has 106 valence electrons. The van der Waals surface area contributed by atoms with Crippen molar-refractivity contribution in [3.8, 4) is 0 Å². The maximum absolute atomic E-state index is 6.06. The molecule has 2 aromatic rings. The van der Waals surface area contributed by atoms with Crippen LogP contribution in [0.3, 0.4) is 0 Å².